The molecule has 31 heavy (non-hydrogen) atoms. The van der Waals surface area contributed by atoms with Crippen molar-refractivity contribution in [1.29, 1.82) is 0 Å². The number of carbonyl (C=O) groups excluding carboxylic acids is 1. The van der Waals surface area contributed by atoms with Crippen LogP contribution in [0, 0.1) is 0 Å². The summed E-state index contributed by atoms with van der Waals surface area (Å²) in [7, 11) is 0. The van der Waals surface area contributed by atoms with Gasteiger partial charge in [0.15, 0.2) is 0 Å². The van der Waals surface area contributed by atoms with Crippen LogP contribution in [0.2, 0.25) is 5.02 Å². The predicted octanol–water partition coefficient (Wildman–Crippen LogP) is 4.34. The molecule has 158 valence electrons. The lowest BCUT2D eigenvalue weighted by atomic mass is 10.0. The first kappa shape index (κ1) is 20.3. The van der Waals surface area contributed by atoms with Crippen molar-refractivity contribution in [2.24, 2.45) is 0 Å². The molecule has 0 radical (unpaired) electrons. The Bertz CT molecular complexity index is 1050. The molecule has 5 rings (SSSR count). The largest absolute Gasteiger partial charge is 0.351 e. The maximum Gasteiger partial charge on any atom is 0.234 e. The number of rotatable bonds is 5. The van der Waals surface area contributed by atoms with Crippen molar-refractivity contribution in [2.75, 3.05) is 32.7 Å². The molecule has 0 bridgehead atoms. The molecule has 1 aliphatic carbocycles. The Hall–Kier alpha value is -2.66. The summed E-state index contributed by atoms with van der Waals surface area (Å²) >= 11 is 6.18. The molecule has 1 amide bonds. The number of hydrogen-bond acceptors (Lipinski definition) is 3. The first-order chi connectivity index (χ1) is 15.2. The van der Waals surface area contributed by atoms with Gasteiger partial charge in [-0.1, -0.05) is 78.3 Å². The SMILES string of the molecule is O=C(CN1CCN(C2c3ccccc3-c3ccccc32)CC1)NCc1ccccc1Cl. The van der Waals surface area contributed by atoms with Crippen molar-refractivity contribution in [3.05, 3.63) is 94.5 Å². The molecular formula is C26H26ClN3O. The number of fused-ring (bicyclic) bond motifs is 3. The van der Waals surface area contributed by atoms with E-state index in [0.29, 0.717) is 24.2 Å². The van der Waals surface area contributed by atoms with Crippen LogP contribution in [0.3, 0.4) is 0 Å². The van der Waals surface area contributed by atoms with Crippen molar-refractivity contribution >= 4 is 17.5 Å². The highest BCUT2D eigenvalue weighted by atomic mass is 35.5. The molecule has 0 spiro atoms. The first-order valence-corrected chi connectivity index (χ1v) is 11.2. The number of nitrogens with zero attached hydrogens (tertiary/aromatic N) is 2. The highest BCUT2D eigenvalue weighted by Crippen LogP contribution is 2.46. The van der Waals surface area contributed by atoms with Crippen molar-refractivity contribution in [3.8, 4) is 11.1 Å². The quantitative estimate of drug-likeness (QED) is 0.652. The number of hydrogen-bond donors (Lipinski definition) is 1. The monoisotopic (exact) mass is 431 g/mol. The smallest absolute Gasteiger partial charge is 0.234 e. The van der Waals surface area contributed by atoms with Gasteiger partial charge in [0, 0.05) is 37.7 Å². The zero-order valence-corrected chi connectivity index (χ0v) is 18.2. The van der Waals surface area contributed by atoms with E-state index in [0.717, 1.165) is 31.7 Å². The van der Waals surface area contributed by atoms with Crippen LogP contribution < -0.4 is 5.32 Å². The number of amides is 1. The Balaban J connectivity index is 1.19. The third-order valence-corrected chi connectivity index (χ3v) is 6.74. The third kappa shape index (κ3) is 4.11. The van der Waals surface area contributed by atoms with Gasteiger partial charge in [-0.25, -0.2) is 0 Å². The number of carbonyl (C=O) groups is 1. The van der Waals surface area contributed by atoms with Crippen molar-refractivity contribution < 1.29 is 4.79 Å². The fourth-order valence-electron chi connectivity index (χ4n) is 4.80. The Morgan fingerprint density at radius 1 is 0.839 bits per heavy atom. The second-order valence-electron chi connectivity index (χ2n) is 8.26. The van der Waals surface area contributed by atoms with Crippen LogP contribution in [0.25, 0.3) is 11.1 Å². The Morgan fingerprint density at radius 3 is 2.06 bits per heavy atom. The van der Waals surface area contributed by atoms with Gasteiger partial charge in [0.1, 0.15) is 0 Å². The van der Waals surface area contributed by atoms with E-state index in [1.165, 1.54) is 22.3 Å². The maximum atomic E-state index is 12.5. The van der Waals surface area contributed by atoms with Crippen LogP contribution in [0.15, 0.2) is 72.8 Å². The Morgan fingerprint density at radius 2 is 1.42 bits per heavy atom. The zero-order valence-electron chi connectivity index (χ0n) is 17.4. The van der Waals surface area contributed by atoms with Gasteiger partial charge in [0.25, 0.3) is 0 Å². The molecule has 3 aromatic carbocycles. The predicted molar refractivity (Wildman–Crippen MR) is 125 cm³/mol. The van der Waals surface area contributed by atoms with E-state index in [1.54, 1.807) is 0 Å². The molecule has 4 nitrogen and oxygen atoms in total. The highest BCUT2D eigenvalue weighted by Gasteiger charge is 2.34. The summed E-state index contributed by atoms with van der Waals surface area (Å²) in [6, 6.07) is 25.4. The van der Waals surface area contributed by atoms with Gasteiger partial charge < -0.3 is 5.32 Å². The van der Waals surface area contributed by atoms with Crippen LogP contribution >= 0.6 is 11.6 Å². The molecule has 0 atom stereocenters. The second-order valence-corrected chi connectivity index (χ2v) is 8.66. The summed E-state index contributed by atoms with van der Waals surface area (Å²) in [4.78, 5) is 17.3. The summed E-state index contributed by atoms with van der Waals surface area (Å²) < 4.78 is 0. The summed E-state index contributed by atoms with van der Waals surface area (Å²) in [6.45, 7) is 4.57. The Kier molecular flexibility index (Phi) is 5.77. The maximum absolute atomic E-state index is 12.5. The Labute approximate surface area is 188 Å². The van der Waals surface area contributed by atoms with Crippen molar-refractivity contribution in [1.82, 2.24) is 15.1 Å². The molecule has 0 aromatic heterocycles. The van der Waals surface area contributed by atoms with Gasteiger partial charge in [-0.15, -0.1) is 0 Å². The number of benzene rings is 3. The van der Waals surface area contributed by atoms with Gasteiger partial charge in [-0.3, -0.25) is 14.6 Å². The summed E-state index contributed by atoms with van der Waals surface area (Å²) in [5.41, 5.74) is 6.44. The molecule has 1 heterocycles. The zero-order chi connectivity index (χ0) is 21.2. The highest BCUT2D eigenvalue weighted by molar-refractivity contribution is 6.31. The number of nitrogens with one attached hydrogen (secondary N) is 1. The van der Waals surface area contributed by atoms with Gasteiger partial charge >= 0.3 is 0 Å². The van der Waals surface area contributed by atoms with E-state index in [4.69, 9.17) is 11.6 Å². The minimum atomic E-state index is 0.0462. The lowest BCUT2D eigenvalue weighted by molar-refractivity contribution is -0.122. The van der Waals surface area contributed by atoms with E-state index in [1.807, 2.05) is 24.3 Å². The molecule has 1 fully saturated rings. The molecular weight excluding hydrogens is 406 g/mol. The van der Waals surface area contributed by atoms with Crippen LogP contribution in [0.5, 0.6) is 0 Å². The van der Waals surface area contributed by atoms with E-state index in [9.17, 15) is 4.79 Å². The summed E-state index contributed by atoms with van der Waals surface area (Å²) in [5.74, 6) is 0.0462. The lowest BCUT2D eigenvalue weighted by Crippen LogP contribution is -2.50. The van der Waals surface area contributed by atoms with E-state index < -0.39 is 0 Å². The molecule has 1 saturated heterocycles. The second kappa shape index (κ2) is 8.83. The normalized spacial score (nSPS) is 16.7. The number of piperazine rings is 1. The minimum Gasteiger partial charge on any atom is -0.351 e. The van der Waals surface area contributed by atoms with Crippen LogP contribution in [-0.2, 0) is 11.3 Å². The molecule has 1 aliphatic heterocycles. The van der Waals surface area contributed by atoms with Gasteiger partial charge in [-0.2, -0.15) is 0 Å². The molecule has 2 aliphatic rings. The van der Waals surface area contributed by atoms with Gasteiger partial charge in [0.2, 0.25) is 5.91 Å². The minimum absolute atomic E-state index is 0.0462. The number of halogens is 1. The van der Waals surface area contributed by atoms with E-state index in [2.05, 4.69) is 63.6 Å². The first-order valence-electron chi connectivity index (χ1n) is 10.9. The molecule has 0 unspecified atom stereocenters. The van der Waals surface area contributed by atoms with Crippen LogP contribution in [-0.4, -0.2) is 48.4 Å². The van der Waals surface area contributed by atoms with E-state index in [-0.39, 0.29) is 5.91 Å². The molecule has 0 saturated carbocycles. The molecule has 1 N–H and O–H groups in total. The summed E-state index contributed by atoms with van der Waals surface area (Å²) in [5, 5.41) is 3.69. The van der Waals surface area contributed by atoms with E-state index >= 15 is 0 Å². The average Bonchev–Trinajstić information content (AvgIpc) is 3.14. The standard InChI is InChI=1S/C26H26ClN3O/c27-24-12-6-1-7-19(24)17-28-25(31)18-29-13-15-30(16-14-29)26-22-10-4-2-8-20(22)21-9-3-5-11-23(21)26/h1-12,26H,13-18H2,(H,28,31). The molecule has 3 aromatic rings. The van der Waals surface area contributed by atoms with Crippen molar-refractivity contribution in [2.45, 2.75) is 12.6 Å². The van der Waals surface area contributed by atoms with Gasteiger partial charge in [-0.05, 0) is 33.9 Å². The lowest BCUT2D eigenvalue weighted by Gasteiger charge is -2.38. The molecule has 5 heteroatoms. The summed E-state index contributed by atoms with van der Waals surface area (Å²) in [6.07, 6.45) is 0. The fraction of sp³-hybridized carbons (Fsp3) is 0.269. The fourth-order valence-corrected chi connectivity index (χ4v) is 5.00. The van der Waals surface area contributed by atoms with Gasteiger partial charge in [0.05, 0.1) is 12.6 Å². The van der Waals surface area contributed by atoms with Crippen molar-refractivity contribution in [3.63, 3.8) is 0 Å². The van der Waals surface area contributed by atoms with Crippen LogP contribution in [0.1, 0.15) is 22.7 Å². The third-order valence-electron chi connectivity index (χ3n) is 6.37. The topological polar surface area (TPSA) is 35.6 Å². The van der Waals surface area contributed by atoms with Crippen LogP contribution in [0.4, 0.5) is 0 Å². The average molecular weight is 432 g/mol.